The molecule has 1 rings (SSSR count). The second-order valence-electron chi connectivity index (χ2n) is 2.83. The first-order valence-electron chi connectivity index (χ1n) is 3.95. The third-order valence-corrected chi connectivity index (χ3v) is 1.93. The number of nitrogens with two attached hydrogens (primary N) is 1. The van der Waals surface area contributed by atoms with Gasteiger partial charge < -0.3 is 5.73 Å². The normalized spacial score (nSPS) is 12.9. The summed E-state index contributed by atoms with van der Waals surface area (Å²) in [5.41, 5.74) is 7.37. The van der Waals surface area contributed by atoms with E-state index >= 15 is 0 Å². The zero-order valence-corrected chi connectivity index (χ0v) is 7.04. The van der Waals surface area contributed by atoms with Gasteiger partial charge in [0.05, 0.1) is 11.9 Å². The van der Waals surface area contributed by atoms with Crippen molar-refractivity contribution in [2.75, 3.05) is 5.73 Å². The highest BCUT2D eigenvalue weighted by molar-refractivity contribution is 5.35. The second-order valence-corrected chi connectivity index (χ2v) is 2.83. The molecule has 0 radical (unpaired) electrons. The summed E-state index contributed by atoms with van der Waals surface area (Å²) < 4.78 is 0. The van der Waals surface area contributed by atoms with Gasteiger partial charge in [-0.25, -0.2) is 0 Å². The van der Waals surface area contributed by atoms with Crippen LogP contribution in [0.3, 0.4) is 0 Å². The van der Waals surface area contributed by atoms with Gasteiger partial charge in [0.15, 0.2) is 0 Å². The molecule has 0 fully saturated rings. The summed E-state index contributed by atoms with van der Waals surface area (Å²) in [6.07, 6.45) is 2.83. The number of nitrogens with zero attached hydrogens (tertiary/aromatic N) is 1. The Hall–Kier alpha value is -1.05. The third kappa shape index (κ3) is 1.93. The highest BCUT2D eigenvalue weighted by atomic mass is 14.7. The van der Waals surface area contributed by atoms with E-state index in [-0.39, 0.29) is 0 Å². The molecule has 1 aromatic rings. The van der Waals surface area contributed by atoms with Crippen molar-refractivity contribution in [1.82, 2.24) is 4.98 Å². The first-order valence-corrected chi connectivity index (χ1v) is 3.95. The van der Waals surface area contributed by atoms with Crippen LogP contribution in [-0.2, 0) is 0 Å². The van der Waals surface area contributed by atoms with Crippen molar-refractivity contribution < 1.29 is 0 Å². The summed E-state index contributed by atoms with van der Waals surface area (Å²) in [7, 11) is 0. The number of nitrogen functional groups attached to an aromatic ring is 1. The van der Waals surface area contributed by atoms with E-state index in [1.165, 1.54) is 0 Å². The lowest BCUT2D eigenvalue weighted by molar-refractivity contribution is 0.708. The van der Waals surface area contributed by atoms with Crippen LogP contribution in [0.2, 0.25) is 0 Å². The van der Waals surface area contributed by atoms with E-state index in [0.29, 0.717) is 5.92 Å². The second kappa shape index (κ2) is 3.37. The van der Waals surface area contributed by atoms with Gasteiger partial charge in [-0.15, -0.1) is 0 Å². The lowest BCUT2D eigenvalue weighted by atomic mass is 10.0. The average molecular weight is 150 g/mol. The molecule has 2 N–H and O–H groups in total. The van der Waals surface area contributed by atoms with Crippen molar-refractivity contribution in [2.24, 2.45) is 0 Å². The van der Waals surface area contributed by atoms with Gasteiger partial charge in [0.25, 0.3) is 0 Å². The molecule has 1 unspecified atom stereocenters. The SMILES string of the molecule is CCC(C)c1ccc(N)cn1. The maximum absolute atomic E-state index is 5.51. The molecule has 1 aromatic heterocycles. The first-order chi connectivity index (χ1) is 5.24. The number of hydrogen-bond donors (Lipinski definition) is 1. The Morgan fingerprint density at radius 1 is 1.55 bits per heavy atom. The van der Waals surface area contributed by atoms with Gasteiger partial charge in [0, 0.05) is 5.69 Å². The molecule has 0 aromatic carbocycles. The molecule has 2 heteroatoms. The maximum atomic E-state index is 5.51. The van der Waals surface area contributed by atoms with Crippen LogP contribution in [0, 0.1) is 0 Å². The van der Waals surface area contributed by atoms with Crippen LogP contribution in [-0.4, -0.2) is 4.98 Å². The molecule has 0 aliphatic carbocycles. The van der Waals surface area contributed by atoms with Crippen LogP contribution in [0.25, 0.3) is 0 Å². The Morgan fingerprint density at radius 2 is 2.27 bits per heavy atom. The van der Waals surface area contributed by atoms with Crippen LogP contribution < -0.4 is 5.73 Å². The Bertz CT molecular complexity index is 216. The van der Waals surface area contributed by atoms with Crippen molar-refractivity contribution in [3.63, 3.8) is 0 Å². The minimum absolute atomic E-state index is 0.538. The summed E-state index contributed by atoms with van der Waals surface area (Å²) in [6, 6.07) is 3.89. The van der Waals surface area contributed by atoms with Crippen molar-refractivity contribution in [3.05, 3.63) is 24.0 Å². The highest BCUT2D eigenvalue weighted by Crippen LogP contribution is 2.16. The molecular formula is C9H14N2. The van der Waals surface area contributed by atoms with Crippen molar-refractivity contribution in [1.29, 1.82) is 0 Å². The molecule has 0 saturated carbocycles. The zero-order valence-electron chi connectivity index (χ0n) is 7.04. The summed E-state index contributed by atoms with van der Waals surface area (Å²) in [5, 5.41) is 0. The van der Waals surface area contributed by atoms with E-state index in [1.54, 1.807) is 6.20 Å². The minimum Gasteiger partial charge on any atom is -0.397 e. The Morgan fingerprint density at radius 3 is 2.73 bits per heavy atom. The average Bonchev–Trinajstić information content (AvgIpc) is 2.05. The number of anilines is 1. The van der Waals surface area contributed by atoms with E-state index in [1.807, 2.05) is 12.1 Å². The Kier molecular flexibility index (Phi) is 2.47. The molecule has 0 aliphatic heterocycles. The van der Waals surface area contributed by atoms with Crippen LogP contribution in [0.5, 0.6) is 0 Å². The van der Waals surface area contributed by atoms with Gasteiger partial charge in [-0.3, -0.25) is 4.98 Å². The molecule has 0 saturated heterocycles. The lowest BCUT2D eigenvalue weighted by Crippen LogP contribution is -1.95. The first kappa shape index (κ1) is 8.05. The fraction of sp³-hybridized carbons (Fsp3) is 0.444. The zero-order chi connectivity index (χ0) is 8.27. The van der Waals surface area contributed by atoms with Gasteiger partial charge in [-0.1, -0.05) is 13.8 Å². The molecule has 60 valence electrons. The van der Waals surface area contributed by atoms with E-state index in [9.17, 15) is 0 Å². The molecule has 0 aliphatic rings. The summed E-state index contributed by atoms with van der Waals surface area (Å²) in [5.74, 6) is 0.538. The molecule has 0 bridgehead atoms. The van der Waals surface area contributed by atoms with Gasteiger partial charge in [-0.05, 0) is 24.5 Å². The van der Waals surface area contributed by atoms with Gasteiger partial charge in [0.2, 0.25) is 0 Å². The van der Waals surface area contributed by atoms with Gasteiger partial charge in [-0.2, -0.15) is 0 Å². The predicted octanol–water partition coefficient (Wildman–Crippen LogP) is 2.18. The molecule has 11 heavy (non-hydrogen) atoms. The smallest absolute Gasteiger partial charge is 0.0501 e. The van der Waals surface area contributed by atoms with Crippen molar-refractivity contribution in [2.45, 2.75) is 26.2 Å². The van der Waals surface area contributed by atoms with E-state index in [0.717, 1.165) is 17.8 Å². The lowest BCUT2D eigenvalue weighted by Gasteiger charge is -2.06. The number of hydrogen-bond acceptors (Lipinski definition) is 2. The van der Waals surface area contributed by atoms with Crippen molar-refractivity contribution in [3.8, 4) is 0 Å². The van der Waals surface area contributed by atoms with Gasteiger partial charge in [0.1, 0.15) is 0 Å². The third-order valence-electron chi connectivity index (χ3n) is 1.93. The molecular weight excluding hydrogens is 136 g/mol. The summed E-state index contributed by atoms with van der Waals surface area (Å²) in [6.45, 7) is 4.32. The number of aromatic nitrogens is 1. The van der Waals surface area contributed by atoms with Gasteiger partial charge >= 0.3 is 0 Å². The quantitative estimate of drug-likeness (QED) is 0.701. The van der Waals surface area contributed by atoms with Crippen LogP contribution >= 0.6 is 0 Å². The topological polar surface area (TPSA) is 38.9 Å². The largest absolute Gasteiger partial charge is 0.397 e. The standard InChI is InChI=1S/C9H14N2/c1-3-7(2)9-5-4-8(10)6-11-9/h4-7H,3,10H2,1-2H3. The fourth-order valence-electron chi connectivity index (χ4n) is 0.917. The van der Waals surface area contributed by atoms with Crippen LogP contribution in [0.1, 0.15) is 31.9 Å². The Balaban J connectivity index is 2.81. The van der Waals surface area contributed by atoms with Crippen molar-refractivity contribution >= 4 is 5.69 Å². The summed E-state index contributed by atoms with van der Waals surface area (Å²) in [4.78, 5) is 4.22. The van der Waals surface area contributed by atoms with E-state index in [4.69, 9.17) is 5.73 Å². The predicted molar refractivity (Wildman–Crippen MR) is 47.4 cm³/mol. The van der Waals surface area contributed by atoms with E-state index < -0.39 is 0 Å². The molecule has 0 spiro atoms. The molecule has 1 atom stereocenters. The summed E-state index contributed by atoms with van der Waals surface area (Å²) >= 11 is 0. The number of rotatable bonds is 2. The molecule has 1 heterocycles. The monoisotopic (exact) mass is 150 g/mol. The van der Waals surface area contributed by atoms with Crippen LogP contribution in [0.4, 0.5) is 5.69 Å². The highest BCUT2D eigenvalue weighted by Gasteiger charge is 2.02. The molecule has 2 nitrogen and oxygen atoms in total. The minimum atomic E-state index is 0.538. The maximum Gasteiger partial charge on any atom is 0.0501 e. The fourth-order valence-corrected chi connectivity index (χ4v) is 0.917. The molecule has 0 amide bonds. The van der Waals surface area contributed by atoms with E-state index in [2.05, 4.69) is 18.8 Å². The Labute approximate surface area is 67.5 Å². The van der Waals surface area contributed by atoms with Crippen LogP contribution in [0.15, 0.2) is 18.3 Å². The number of pyridine rings is 1.